The molecule has 0 radical (unpaired) electrons. The van der Waals surface area contributed by atoms with E-state index in [1.807, 2.05) is 77.6 Å². The fourth-order valence-electron chi connectivity index (χ4n) is 3.30. The van der Waals surface area contributed by atoms with Crippen LogP contribution in [0.3, 0.4) is 0 Å². The molecule has 3 aromatic heterocycles. The number of aromatic nitrogens is 3. The van der Waals surface area contributed by atoms with Crippen molar-refractivity contribution in [2.75, 3.05) is 4.90 Å². The summed E-state index contributed by atoms with van der Waals surface area (Å²) in [4.78, 5) is 11.3. The third-order valence-corrected chi connectivity index (χ3v) is 4.62. The molecule has 5 nitrogen and oxygen atoms in total. The zero-order chi connectivity index (χ0) is 19.5. The van der Waals surface area contributed by atoms with Gasteiger partial charge in [-0.05, 0) is 54.6 Å². The molecule has 0 unspecified atom stereocenters. The molecule has 0 N–H and O–H groups in total. The first-order chi connectivity index (χ1) is 14.4. The molecule has 5 heteroatoms. The monoisotopic (exact) mass is 378 g/mol. The summed E-state index contributed by atoms with van der Waals surface area (Å²) < 4.78 is 7.48. The molecule has 0 aliphatic carbocycles. The van der Waals surface area contributed by atoms with Crippen LogP contribution in [0.15, 0.2) is 114 Å². The summed E-state index contributed by atoms with van der Waals surface area (Å²) in [7, 11) is 0. The van der Waals surface area contributed by atoms with Gasteiger partial charge in [0, 0.05) is 29.3 Å². The van der Waals surface area contributed by atoms with Gasteiger partial charge >= 0.3 is 0 Å². The SMILES string of the molecule is c1ccc(N(c2cccc(-c3ncco3)c2)c2cccc(-n3cccc3)n2)cc1. The van der Waals surface area contributed by atoms with Crippen LogP contribution in [0, 0.1) is 0 Å². The zero-order valence-corrected chi connectivity index (χ0v) is 15.6. The van der Waals surface area contributed by atoms with Crippen LogP contribution in [-0.4, -0.2) is 14.5 Å². The molecule has 2 aromatic carbocycles. The summed E-state index contributed by atoms with van der Waals surface area (Å²) in [6, 6.07) is 28.3. The Bertz CT molecular complexity index is 1120. The molecule has 0 saturated heterocycles. The zero-order valence-electron chi connectivity index (χ0n) is 15.6. The van der Waals surface area contributed by atoms with Gasteiger partial charge in [-0.25, -0.2) is 9.97 Å². The van der Waals surface area contributed by atoms with E-state index in [1.165, 1.54) is 0 Å². The quantitative estimate of drug-likeness (QED) is 0.376. The van der Waals surface area contributed by atoms with E-state index in [-0.39, 0.29) is 0 Å². The first-order valence-corrected chi connectivity index (χ1v) is 9.34. The average Bonchev–Trinajstić information content (AvgIpc) is 3.50. The summed E-state index contributed by atoms with van der Waals surface area (Å²) in [6.45, 7) is 0. The van der Waals surface area contributed by atoms with Crippen LogP contribution in [0.25, 0.3) is 17.3 Å². The standard InChI is InChI=1S/C24H18N4O/c1-2-9-20(10-3-1)28(21-11-6-8-19(18-21)24-25-14-17-29-24)23-13-7-12-22(26-23)27-15-4-5-16-27/h1-18H. The van der Waals surface area contributed by atoms with Crippen molar-refractivity contribution in [3.8, 4) is 17.3 Å². The van der Waals surface area contributed by atoms with E-state index in [1.54, 1.807) is 12.5 Å². The highest BCUT2D eigenvalue weighted by Crippen LogP contribution is 2.35. The molecule has 0 atom stereocenters. The molecule has 29 heavy (non-hydrogen) atoms. The number of pyridine rings is 1. The number of hydrogen-bond donors (Lipinski definition) is 0. The molecule has 0 aliphatic rings. The number of oxazole rings is 1. The molecule has 140 valence electrons. The average molecular weight is 378 g/mol. The van der Waals surface area contributed by atoms with Crippen LogP contribution in [0.4, 0.5) is 17.2 Å². The van der Waals surface area contributed by atoms with Crippen LogP contribution in [-0.2, 0) is 0 Å². The van der Waals surface area contributed by atoms with Crippen molar-refractivity contribution in [1.82, 2.24) is 14.5 Å². The van der Waals surface area contributed by atoms with Gasteiger partial charge < -0.3 is 8.98 Å². The van der Waals surface area contributed by atoms with Crippen molar-refractivity contribution in [1.29, 1.82) is 0 Å². The van der Waals surface area contributed by atoms with Gasteiger partial charge in [0.15, 0.2) is 0 Å². The van der Waals surface area contributed by atoms with E-state index in [4.69, 9.17) is 9.40 Å². The van der Waals surface area contributed by atoms with Crippen LogP contribution in [0.5, 0.6) is 0 Å². The van der Waals surface area contributed by atoms with Crippen molar-refractivity contribution in [3.05, 3.63) is 110 Å². The second-order valence-corrected chi connectivity index (χ2v) is 6.50. The molecule has 0 spiro atoms. The second kappa shape index (κ2) is 7.48. The lowest BCUT2D eigenvalue weighted by Gasteiger charge is -2.25. The number of hydrogen-bond acceptors (Lipinski definition) is 4. The molecular formula is C24H18N4O. The molecule has 5 rings (SSSR count). The summed E-state index contributed by atoms with van der Waals surface area (Å²) in [6.07, 6.45) is 7.21. The predicted octanol–water partition coefficient (Wildman–Crippen LogP) is 6.00. The van der Waals surface area contributed by atoms with Gasteiger partial charge in [0.05, 0.1) is 6.20 Å². The normalized spacial score (nSPS) is 10.8. The first kappa shape index (κ1) is 17.0. The van der Waals surface area contributed by atoms with Crippen molar-refractivity contribution >= 4 is 17.2 Å². The van der Waals surface area contributed by atoms with E-state index in [2.05, 4.69) is 34.1 Å². The fourth-order valence-corrected chi connectivity index (χ4v) is 3.30. The minimum Gasteiger partial charge on any atom is -0.445 e. The Hall–Kier alpha value is -4.12. The number of benzene rings is 2. The number of nitrogens with zero attached hydrogens (tertiary/aromatic N) is 4. The molecule has 0 fully saturated rings. The van der Waals surface area contributed by atoms with Crippen LogP contribution in [0.1, 0.15) is 0 Å². The molecule has 0 aliphatic heterocycles. The summed E-state index contributed by atoms with van der Waals surface area (Å²) in [5, 5.41) is 0. The number of rotatable bonds is 5. The van der Waals surface area contributed by atoms with E-state index < -0.39 is 0 Å². The van der Waals surface area contributed by atoms with Crippen LogP contribution < -0.4 is 4.90 Å². The second-order valence-electron chi connectivity index (χ2n) is 6.50. The molecular weight excluding hydrogens is 360 g/mol. The highest BCUT2D eigenvalue weighted by molar-refractivity contribution is 5.77. The lowest BCUT2D eigenvalue weighted by molar-refractivity contribution is 0.574. The maximum absolute atomic E-state index is 5.49. The minimum atomic E-state index is 0.592. The summed E-state index contributed by atoms with van der Waals surface area (Å²) in [5.41, 5.74) is 2.91. The van der Waals surface area contributed by atoms with Gasteiger partial charge in [0.2, 0.25) is 5.89 Å². The first-order valence-electron chi connectivity index (χ1n) is 9.34. The smallest absolute Gasteiger partial charge is 0.225 e. The predicted molar refractivity (Wildman–Crippen MR) is 114 cm³/mol. The Balaban J connectivity index is 1.64. The highest BCUT2D eigenvalue weighted by Gasteiger charge is 2.15. The number of anilines is 3. The molecule has 3 heterocycles. The van der Waals surface area contributed by atoms with Gasteiger partial charge in [-0.15, -0.1) is 0 Å². The fraction of sp³-hybridized carbons (Fsp3) is 0. The van der Waals surface area contributed by atoms with E-state index in [0.717, 1.165) is 28.6 Å². The molecule has 0 saturated carbocycles. The third kappa shape index (κ3) is 3.41. The van der Waals surface area contributed by atoms with Crippen molar-refractivity contribution in [3.63, 3.8) is 0 Å². The third-order valence-electron chi connectivity index (χ3n) is 4.62. The van der Waals surface area contributed by atoms with Crippen LogP contribution in [0.2, 0.25) is 0 Å². The Labute approximate surface area is 168 Å². The van der Waals surface area contributed by atoms with Crippen molar-refractivity contribution in [2.24, 2.45) is 0 Å². The maximum atomic E-state index is 5.49. The van der Waals surface area contributed by atoms with Crippen molar-refractivity contribution < 1.29 is 4.42 Å². The van der Waals surface area contributed by atoms with Gasteiger partial charge in [0.1, 0.15) is 17.9 Å². The topological polar surface area (TPSA) is 47.1 Å². The van der Waals surface area contributed by atoms with E-state index in [9.17, 15) is 0 Å². The molecule has 5 aromatic rings. The Morgan fingerprint density at radius 3 is 2.34 bits per heavy atom. The summed E-state index contributed by atoms with van der Waals surface area (Å²) >= 11 is 0. The Morgan fingerprint density at radius 1 is 0.759 bits per heavy atom. The maximum Gasteiger partial charge on any atom is 0.225 e. The Morgan fingerprint density at radius 2 is 1.55 bits per heavy atom. The molecule has 0 amide bonds. The van der Waals surface area contributed by atoms with Crippen molar-refractivity contribution in [2.45, 2.75) is 0 Å². The van der Waals surface area contributed by atoms with Crippen LogP contribution >= 0.6 is 0 Å². The Kier molecular flexibility index (Phi) is 4.39. The minimum absolute atomic E-state index is 0.592. The van der Waals surface area contributed by atoms with Gasteiger partial charge in [-0.3, -0.25) is 4.90 Å². The van der Waals surface area contributed by atoms with E-state index >= 15 is 0 Å². The van der Waals surface area contributed by atoms with E-state index in [0.29, 0.717) is 5.89 Å². The lowest BCUT2D eigenvalue weighted by atomic mass is 10.1. The highest BCUT2D eigenvalue weighted by atomic mass is 16.3. The number of para-hydroxylation sites is 1. The van der Waals surface area contributed by atoms with Gasteiger partial charge in [-0.2, -0.15) is 0 Å². The lowest BCUT2D eigenvalue weighted by Crippen LogP contribution is -2.12. The van der Waals surface area contributed by atoms with Gasteiger partial charge in [0.25, 0.3) is 0 Å². The summed E-state index contributed by atoms with van der Waals surface area (Å²) in [5.74, 6) is 2.28. The molecule has 0 bridgehead atoms. The largest absolute Gasteiger partial charge is 0.445 e. The van der Waals surface area contributed by atoms with Gasteiger partial charge in [-0.1, -0.05) is 30.3 Å².